The van der Waals surface area contributed by atoms with E-state index in [1.807, 2.05) is 19.0 Å². The first kappa shape index (κ1) is 25.2. The number of hydrogen-bond acceptors (Lipinski definition) is 4. The lowest BCUT2D eigenvalue weighted by Gasteiger charge is -2.38. The Bertz CT molecular complexity index is 608. The quantitative estimate of drug-likeness (QED) is 0.329. The number of aliphatic imine (C=N–C) groups is 1. The molecule has 1 atom stereocenters. The Balaban J connectivity index is 0.00000320. The van der Waals surface area contributed by atoms with Gasteiger partial charge < -0.3 is 24.8 Å². The Morgan fingerprint density at radius 3 is 2.27 bits per heavy atom. The van der Waals surface area contributed by atoms with Crippen LogP contribution in [-0.4, -0.2) is 98.5 Å². The molecule has 2 saturated heterocycles. The third kappa shape index (κ3) is 5.77. The number of nitrogens with one attached hydrogen (secondary N) is 1. The topological polar surface area (TPSA) is 77.5 Å². The van der Waals surface area contributed by atoms with E-state index in [0.29, 0.717) is 26.2 Å². The largest absolute Gasteiger partial charge is 0.368 e. The zero-order valence-electron chi connectivity index (χ0n) is 18.7. The summed E-state index contributed by atoms with van der Waals surface area (Å²) in [6.45, 7) is 6.93. The summed E-state index contributed by atoms with van der Waals surface area (Å²) in [7, 11) is 3.67. The summed E-state index contributed by atoms with van der Waals surface area (Å²) in [5.74, 6) is 1.18. The number of carbonyl (C=O) groups is 2. The molecule has 0 bridgehead atoms. The highest BCUT2D eigenvalue weighted by Crippen LogP contribution is 2.39. The van der Waals surface area contributed by atoms with Gasteiger partial charge in [-0.2, -0.15) is 0 Å². The summed E-state index contributed by atoms with van der Waals surface area (Å²) in [6.07, 6.45) is 5.58. The van der Waals surface area contributed by atoms with E-state index >= 15 is 0 Å². The lowest BCUT2D eigenvalue weighted by atomic mass is 9.85. The first-order valence-corrected chi connectivity index (χ1v) is 11.1. The molecule has 172 valence electrons. The molecule has 0 aromatic rings. The van der Waals surface area contributed by atoms with Crippen molar-refractivity contribution in [3.63, 3.8) is 0 Å². The van der Waals surface area contributed by atoms with E-state index < -0.39 is 0 Å². The van der Waals surface area contributed by atoms with Crippen molar-refractivity contribution >= 4 is 41.8 Å². The maximum Gasteiger partial charge on any atom is 0.251 e. The third-order valence-corrected chi connectivity index (χ3v) is 6.38. The molecule has 1 aliphatic carbocycles. The number of carbonyl (C=O) groups excluding carboxylic acids is 2. The van der Waals surface area contributed by atoms with Crippen molar-refractivity contribution in [2.24, 2.45) is 10.4 Å². The molecule has 2 amide bonds. The molecule has 1 N–H and O–H groups in total. The summed E-state index contributed by atoms with van der Waals surface area (Å²) < 4.78 is 5.55. The van der Waals surface area contributed by atoms with Gasteiger partial charge in [-0.1, -0.05) is 12.8 Å². The fraction of sp³-hybridized carbons (Fsp3) is 0.857. The van der Waals surface area contributed by atoms with Crippen LogP contribution < -0.4 is 5.32 Å². The Hall–Kier alpha value is -1.10. The molecule has 3 rings (SSSR count). The highest BCUT2D eigenvalue weighted by atomic mass is 127. The molecule has 3 aliphatic rings. The number of amides is 2. The monoisotopic (exact) mass is 535 g/mol. The fourth-order valence-corrected chi connectivity index (χ4v) is 4.73. The molecule has 2 heterocycles. The van der Waals surface area contributed by atoms with Gasteiger partial charge in [0.15, 0.2) is 5.96 Å². The summed E-state index contributed by atoms with van der Waals surface area (Å²) in [6, 6.07) is 0. The normalized spacial score (nSPS) is 23.8. The van der Waals surface area contributed by atoms with Crippen LogP contribution in [0.2, 0.25) is 0 Å². The third-order valence-electron chi connectivity index (χ3n) is 6.38. The van der Waals surface area contributed by atoms with Crippen molar-refractivity contribution in [2.75, 3.05) is 60.0 Å². The van der Waals surface area contributed by atoms with Crippen LogP contribution in [0, 0.1) is 5.41 Å². The molecular weight excluding hydrogens is 497 g/mol. The number of guanidine groups is 1. The standard InChI is InChI=1S/C21H37N5O3.HI/c1-4-22-20(23-16-21(9-5-6-10-21)19(28)24(2)3)26-13-11-25(12-14-26)18(27)17-8-7-15-29-17;/h17H,4-16H2,1-3H3,(H,22,23);1H. The summed E-state index contributed by atoms with van der Waals surface area (Å²) >= 11 is 0. The minimum Gasteiger partial charge on any atom is -0.368 e. The minimum absolute atomic E-state index is 0. The first-order chi connectivity index (χ1) is 14.0. The van der Waals surface area contributed by atoms with Crippen LogP contribution in [0.5, 0.6) is 0 Å². The predicted octanol–water partition coefficient (Wildman–Crippen LogP) is 1.54. The number of nitrogens with zero attached hydrogens (tertiary/aromatic N) is 4. The van der Waals surface area contributed by atoms with Crippen LogP contribution >= 0.6 is 24.0 Å². The van der Waals surface area contributed by atoms with Gasteiger partial charge in [0, 0.05) is 53.4 Å². The number of halogens is 1. The molecule has 8 nitrogen and oxygen atoms in total. The lowest BCUT2D eigenvalue weighted by molar-refractivity contribution is -0.142. The van der Waals surface area contributed by atoms with Crippen molar-refractivity contribution in [3.05, 3.63) is 0 Å². The smallest absolute Gasteiger partial charge is 0.251 e. The van der Waals surface area contributed by atoms with Crippen LogP contribution in [-0.2, 0) is 14.3 Å². The molecule has 1 unspecified atom stereocenters. The van der Waals surface area contributed by atoms with E-state index in [4.69, 9.17) is 9.73 Å². The maximum atomic E-state index is 12.8. The number of hydrogen-bond donors (Lipinski definition) is 1. The van der Waals surface area contributed by atoms with E-state index in [9.17, 15) is 9.59 Å². The van der Waals surface area contributed by atoms with Crippen molar-refractivity contribution in [2.45, 2.75) is 51.6 Å². The summed E-state index contributed by atoms with van der Waals surface area (Å²) in [5, 5.41) is 3.38. The molecule has 0 spiro atoms. The van der Waals surface area contributed by atoms with Gasteiger partial charge in [-0.25, -0.2) is 0 Å². The number of ether oxygens (including phenoxy) is 1. The van der Waals surface area contributed by atoms with Crippen molar-refractivity contribution < 1.29 is 14.3 Å². The average molecular weight is 535 g/mol. The molecular formula is C21H38IN5O3. The lowest BCUT2D eigenvalue weighted by Crippen LogP contribution is -2.55. The van der Waals surface area contributed by atoms with E-state index in [1.54, 1.807) is 4.90 Å². The van der Waals surface area contributed by atoms with Gasteiger partial charge >= 0.3 is 0 Å². The van der Waals surface area contributed by atoms with Gasteiger partial charge in [-0.3, -0.25) is 14.6 Å². The van der Waals surface area contributed by atoms with Gasteiger partial charge in [0.25, 0.3) is 5.91 Å². The second kappa shape index (κ2) is 11.5. The molecule has 9 heteroatoms. The van der Waals surface area contributed by atoms with Gasteiger partial charge in [0.05, 0.1) is 12.0 Å². The maximum absolute atomic E-state index is 12.8. The highest BCUT2D eigenvalue weighted by molar-refractivity contribution is 14.0. The second-order valence-corrected chi connectivity index (χ2v) is 8.67. The molecule has 3 fully saturated rings. The Morgan fingerprint density at radius 2 is 1.73 bits per heavy atom. The Labute approximate surface area is 197 Å². The van der Waals surface area contributed by atoms with Crippen molar-refractivity contribution in [1.82, 2.24) is 20.0 Å². The van der Waals surface area contributed by atoms with Gasteiger partial charge in [0.2, 0.25) is 5.91 Å². The van der Waals surface area contributed by atoms with Crippen LogP contribution in [0.25, 0.3) is 0 Å². The average Bonchev–Trinajstić information content (AvgIpc) is 3.43. The molecule has 0 aromatic carbocycles. The number of piperazine rings is 1. The summed E-state index contributed by atoms with van der Waals surface area (Å²) in [4.78, 5) is 36.1. The van der Waals surface area contributed by atoms with Crippen molar-refractivity contribution in [1.29, 1.82) is 0 Å². The van der Waals surface area contributed by atoms with Crippen molar-refractivity contribution in [3.8, 4) is 0 Å². The van der Waals surface area contributed by atoms with E-state index in [-0.39, 0.29) is 47.3 Å². The second-order valence-electron chi connectivity index (χ2n) is 8.67. The highest BCUT2D eigenvalue weighted by Gasteiger charge is 2.42. The Morgan fingerprint density at radius 1 is 1.10 bits per heavy atom. The van der Waals surface area contributed by atoms with Gasteiger partial charge in [-0.15, -0.1) is 24.0 Å². The van der Waals surface area contributed by atoms with E-state index in [0.717, 1.165) is 64.1 Å². The van der Waals surface area contributed by atoms with E-state index in [1.165, 1.54) is 0 Å². The molecule has 0 radical (unpaired) electrons. The Kier molecular flexibility index (Phi) is 9.65. The predicted molar refractivity (Wildman–Crippen MR) is 128 cm³/mol. The number of rotatable bonds is 5. The summed E-state index contributed by atoms with van der Waals surface area (Å²) in [5.41, 5.74) is -0.359. The van der Waals surface area contributed by atoms with Crippen LogP contribution in [0.4, 0.5) is 0 Å². The minimum atomic E-state index is -0.359. The molecule has 2 aliphatic heterocycles. The molecule has 30 heavy (non-hydrogen) atoms. The fourth-order valence-electron chi connectivity index (χ4n) is 4.73. The zero-order chi connectivity index (χ0) is 20.9. The van der Waals surface area contributed by atoms with Crippen LogP contribution in [0.1, 0.15) is 45.4 Å². The van der Waals surface area contributed by atoms with Gasteiger partial charge in [-0.05, 0) is 32.6 Å². The van der Waals surface area contributed by atoms with Gasteiger partial charge in [0.1, 0.15) is 6.10 Å². The first-order valence-electron chi connectivity index (χ1n) is 11.1. The molecule has 0 aromatic heterocycles. The molecule has 1 saturated carbocycles. The van der Waals surface area contributed by atoms with E-state index in [2.05, 4.69) is 17.1 Å². The van der Waals surface area contributed by atoms with Crippen LogP contribution in [0.15, 0.2) is 4.99 Å². The SMILES string of the molecule is CCNC(=NCC1(C(=O)N(C)C)CCCC1)N1CCN(C(=O)C2CCCO2)CC1.I. The van der Waals surface area contributed by atoms with Crippen LogP contribution in [0.3, 0.4) is 0 Å². The zero-order valence-corrected chi connectivity index (χ0v) is 21.0.